The van der Waals surface area contributed by atoms with Crippen LogP contribution in [0.3, 0.4) is 0 Å². The summed E-state index contributed by atoms with van der Waals surface area (Å²) in [4.78, 5) is 58.9. The molecule has 0 radical (unpaired) electrons. The summed E-state index contributed by atoms with van der Waals surface area (Å²) in [6, 6.07) is 12.4. The molecule has 1 aliphatic carbocycles. The molecule has 3 fully saturated rings. The second kappa shape index (κ2) is 15.1. The number of carbonyl (C=O) groups is 3. The molecule has 13 nitrogen and oxygen atoms in total. The zero-order valence-electron chi connectivity index (χ0n) is 32.2. The van der Waals surface area contributed by atoms with Gasteiger partial charge in [-0.15, -0.1) is 0 Å². The maximum atomic E-state index is 13.4. The predicted octanol–water partition coefficient (Wildman–Crippen LogP) is 6.01. The molecular weight excluding hydrogens is 740 g/mol. The number of nitrogens with zero attached hydrogens (tertiary/aromatic N) is 7. The smallest absolute Gasteiger partial charge is 0.376 e. The summed E-state index contributed by atoms with van der Waals surface area (Å²) in [5.74, 6) is -0.609. The summed E-state index contributed by atoms with van der Waals surface area (Å²) >= 11 is 0. The molecule has 2 aromatic carbocycles. The maximum Gasteiger partial charge on any atom is 0.433 e. The average Bonchev–Trinajstić information content (AvgIpc) is 3.72. The highest BCUT2D eigenvalue weighted by molar-refractivity contribution is 6.06. The lowest BCUT2D eigenvalue weighted by atomic mass is 9.84. The molecular formula is C41H46F3N9O4. The summed E-state index contributed by atoms with van der Waals surface area (Å²) in [5.41, 5.74) is 2.92. The maximum absolute atomic E-state index is 13.4. The normalized spacial score (nSPS) is 21.3. The van der Waals surface area contributed by atoms with Crippen molar-refractivity contribution in [2.75, 3.05) is 43.9 Å². The van der Waals surface area contributed by atoms with E-state index in [4.69, 9.17) is 5.10 Å². The van der Waals surface area contributed by atoms with Crippen LogP contribution in [0.15, 0.2) is 59.5 Å². The highest BCUT2D eigenvalue weighted by Crippen LogP contribution is 2.38. The first-order chi connectivity index (χ1) is 27.2. The van der Waals surface area contributed by atoms with Crippen molar-refractivity contribution in [1.82, 2.24) is 34.1 Å². The van der Waals surface area contributed by atoms with Crippen LogP contribution < -0.4 is 21.2 Å². The summed E-state index contributed by atoms with van der Waals surface area (Å²) < 4.78 is 44.9. The average molecular weight is 786 g/mol. The Morgan fingerprint density at radius 2 is 1.70 bits per heavy atom. The molecule has 5 heterocycles. The fourth-order valence-corrected chi connectivity index (χ4v) is 9.05. The van der Waals surface area contributed by atoms with Gasteiger partial charge in [0.25, 0.3) is 5.91 Å². The van der Waals surface area contributed by atoms with Gasteiger partial charge in [0.15, 0.2) is 0 Å². The van der Waals surface area contributed by atoms with Crippen LogP contribution in [0, 0.1) is 5.92 Å². The van der Waals surface area contributed by atoms with Gasteiger partial charge in [-0.1, -0.05) is 18.2 Å². The fourth-order valence-electron chi connectivity index (χ4n) is 9.05. The minimum Gasteiger partial charge on any atom is -0.376 e. The Labute approximate surface area is 326 Å². The first-order valence-corrected chi connectivity index (χ1v) is 19.6. The van der Waals surface area contributed by atoms with Gasteiger partial charge in [-0.3, -0.25) is 33.5 Å². The van der Waals surface area contributed by atoms with Gasteiger partial charge in [-0.05, 0) is 106 Å². The van der Waals surface area contributed by atoms with Gasteiger partial charge < -0.3 is 15.1 Å². The number of benzene rings is 2. The molecule has 3 aliphatic rings. The van der Waals surface area contributed by atoms with Crippen LogP contribution in [-0.2, 0) is 22.8 Å². The Kier molecular flexibility index (Phi) is 10.2. The molecule has 1 atom stereocenters. The Morgan fingerprint density at radius 1 is 0.965 bits per heavy atom. The van der Waals surface area contributed by atoms with Crippen LogP contribution in [0.4, 0.5) is 24.5 Å². The van der Waals surface area contributed by atoms with Crippen LogP contribution >= 0.6 is 0 Å². The molecule has 0 bridgehead atoms. The number of halogens is 3. The predicted molar refractivity (Wildman–Crippen MR) is 209 cm³/mol. The van der Waals surface area contributed by atoms with Crippen molar-refractivity contribution in [3.05, 3.63) is 82.2 Å². The molecule has 16 heteroatoms. The van der Waals surface area contributed by atoms with Crippen molar-refractivity contribution in [1.29, 1.82) is 0 Å². The highest BCUT2D eigenvalue weighted by atomic mass is 19.4. The number of imidazole rings is 1. The number of carbonyl (C=O) groups excluding carboxylic acids is 3. The largest absolute Gasteiger partial charge is 0.433 e. The minimum atomic E-state index is -4.66. The Balaban J connectivity index is 0.887. The molecule has 5 aromatic rings. The van der Waals surface area contributed by atoms with Crippen LogP contribution in [0.2, 0.25) is 0 Å². The molecule has 300 valence electrons. The summed E-state index contributed by atoms with van der Waals surface area (Å²) in [6.45, 7) is 2.96. The van der Waals surface area contributed by atoms with Crippen molar-refractivity contribution < 1.29 is 27.6 Å². The lowest BCUT2D eigenvalue weighted by molar-refractivity contribution is -0.141. The Morgan fingerprint density at radius 3 is 2.40 bits per heavy atom. The van der Waals surface area contributed by atoms with Gasteiger partial charge in [-0.2, -0.15) is 18.3 Å². The first kappa shape index (κ1) is 38.4. The number of hydrogen-bond acceptors (Lipinski definition) is 8. The van der Waals surface area contributed by atoms with E-state index in [1.807, 2.05) is 54.1 Å². The summed E-state index contributed by atoms with van der Waals surface area (Å²) in [5, 5.41) is 10.9. The molecule has 2 saturated heterocycles. The number of amides is 3. The van der Waals surface area contributed by atoms with E-state index >= 15 is 0 Å². The molecule has 1 unspecified atom stereocenters. The minimum absolute atomic E-state index is 0.206. The van der Waals surface area contributed by atoms with Crippen molar-refractivity contribution in [2.45, 2.75) is 75.5 Å². The van der Waals surface area contributed by atoms with E-state index < -0.39 is 29.7 Å². The number of nitrogens with one attached hydrogen (secondary N) is 2. The third-order valence-corrected chi connectivity index (χ3v) is 12.0. The van der Waals surface area contributed by atoms with Crippen molar-refractivity contribution in [3.8, 4) is 0 Å². The Hall–Kier alpha value is -5.51. The standard InChI is InChI=1S/C41H46F3N9O4/c1-49(2)34-21-30-26(20-31(34)46-38(55)29-7-5-9-35(45-29)41(42,43)44)23-52(48-30)27-12-10-24(11-13-27)22-51-18-16-25(17-19-51)28-6-4-8-32-37(28)50(3)40(57)53(32)33-14-15-36(54)47-39(33)56/h4-9,20-21,23-25,27,33H,10-19,22H2,1-3H3,(H,46,55)(H,47,54,56)/t24-,27-,33?. The van der Waals surface area contributed by atoms with Gasteiger partial charge in [-0.25, -0.2) is 9.78 Å². The SMILES string of the molecule is CN(C)c1cc2nn([C@H]3CC[C@H](CN4CCC(c5cccc6c5n(C)c(=O)n6C5CCC(=O)NC5=O)CC4)CC3)cc2cc1NC(=O)c1cccc(C(F)(F)F)n1. The second-order valence-corrected chi connectivity index (χ2v) is 15.9. The molecule has 2 aliphatic heterocycles. The van der Waals surface area contributed by atoms with E-state index in [1.54, 1.807) is 16.2 Å². The van der Waals surface area contributed by atoms with E-state index in [0.717, 1.165) is 91.7 Å². The molecule has 8 rings (SSSR count). The van der Waals surface area contributed by atoms with E-state index in [1.165, 1.54) is 12.1 Å². The van der Waals surface area contributed by atoms with Crippen LogP contribution in [0.5, 0.6) is 0 Å². The number of alkyl halides is 3. The van der Waals surface area contributed by atoms with Gasteiger partial charge in [0, 0.05) is 45.7 Å². The molecule has 0 spiro atoms. The zero-order valence-corrected chi connectivity index (χ0v) is 32.2. The summed E-state index contributed by atoms with van der Waals surface area (Å²) in [7, 11) is 5.42. The molecule has 57 heavy (non-hydrogen) atoms. The molecule has 2 N–H and O–H groups in total. The molecule has 3 aromatic heterocycles. The van der Waals surface area contributed by atoms with Crippen molar-refractivity contribution in [2.24, 2.45) is 13.0 Å². The number of piperidine rings is 2. The van der Waals surface area contributed by atoms with Crippen LogP contribution in [-0.4, -0.2) is 80.2 Å². The van der Waals surface area contributed by atoms with Gasteiger partial charge >= 0.3 is 11.9 Å². The summed E-state index contributed by atoms with van der Waals surface area (Å²) in [6.07, 6.45) is 3.90. The fraction of sp³-hybridized carbons (Fsp3) is 0.463. The molecule has 1 saturated carbocycles. The van der Waals surface area contributed by atoms with E-state index in [0.29, 0.717) is 23.7 Å². The topological polar surface area (TPSA) is 139 Å². The van der Waals surface area contributed by atoms with E-state index in [-0.39, 0.29) is 35.7 Å². The molecule has 3 amide bonds. The highest BCUT2D eigenvalue weighted by Gasteiger charge is 2.35. The van der Waals surface area contributed by atoms with Crippen molar-refractivity contribution >= 4 is 51.0 Å². The third kappa shape index (κ3) is 7.54. The number of aromatic nitrogens is 5. The number of hydrogen-bond donors (Lipinski definition) is 2. The number of anilines is 2. The van der Waals surface area contributed by atoms with Gasteiger partial charge in [0.2, 0.25) is 11.8 Å². The monoisotopic (exact) mass is 785 g/mol. The number of aryl methyl sites for hydroxylation is 1. The first-order valence-electron chi connectivity index (χ1n) is 19.6. The quantitative estimate of drug-likeness (QED) is 0.183. The lowest BCUT2D eigenvalue weighted by Gasteiger charge is -2.37. The number of rotatable bonds is 8. The number of imide groups is 1. The van der Waals surface area contributed by atoms with Crippen molar-refractivity contribution in [3.63, 3.8) is 0 Å². The van der Waals surface area contributed by atoms with Crippen LogP contribution in [0.1, 0.15) is 91.1 Å². The van der Waals surface area contributed by atoms with Gasteiger partial charge in [0.1, 0.15) is 17.4 Å². The van der Waals surface area contributed by atoms with E-state index in [2.05, 4.69) is 26.6 Å². The van der Waals surface area contributed by atoms with Crippen LogP contribution in [0.25, 0.3) is 21.9 Å². The number of para-hydroxylation sites is 1. The number of pyridine rings is 1. The zero-order chi connectivity index (χ0) is 40.2. The van der Waals surface area contributed by atoms with Gasteiger partial charge in [0.05, 0.1) is 34.0 Å². The number of fused-ring (bicyclic) bond motifs is 2. The Bertz CT molecular complexity index is 2420. The third-order valence-electron chi connectivity index (χ3n) is 12.0. The number of likely N-dealkylation sites (tertiary alicyclic amines) is 1. The van der Waals surface area contributed by atoms with E-state index in [9.17, 15) is 32.3 Å². The second-order valence-electron chi connectivity index (χ2n) is 15.9. The lowest BCUT2D eigenvalue weighted by Crippen LogP contribution is -2.44.